The highest BCUT2D eigenvalue weighted by atomic mass is 16.5. The monoisotopic (exact) mass is 500 g/mol. The molecule has 0 radical (unpaired) electrons. The lowest BCUT2D eigenvalue weighted by Crippen LogP contribution is -2.54. The fourth-order valence-electron chi connectivity index (χ4n) is 5.02. The summed E-state index contributed by atoms with van der Waals surface area (Å²) in [6.45, 7) is 13.9. The predicted molar refractivity (Wildman–Crippen MR) is 156 cm³/mol. The fraction of sp³-hybridized carbons (Fsp3) is 0.727. The Kier molecular flexibility index (Phi) is 16.0. The average Bonchev–Trinajstić information content (AvgIpc) is 2.84. The van der Waals surface area contributed by atoms with Crippen molar-refractivity contribution in [2.75, 3.05) is 27.2 Å². The molecule has 0 aliphatic heterocycles. The van der Waals surface area contributed by atoms with Gasteiger partial charge in [0, 0.05) is 17.6 Å². The number of esters is 1. The van der Waals surface area contributed by atoms with Crippen LogP contribution in [0.3, 0.4) is 0 Å². The van der Waals surface area contributed by atoms with E-state index in [0.717, 1.165) is 10.9 Å². The molecule has 0 aromatic heterocycles. The van der Waals surface area contributed by atoms with Gasteiger partial charge in [0.2, 0.25) is 0 Å². The molecular weight excluding hydrogens is 442 g/mol. The van der Waals surface area contributed by atoms with Gasteiger partial charge in [-0.2, -0.15) is 0 Å². The van der Waals surface area contributed by atoms with Gasteiger partial charge in [-0.3, -0.25) is 0 Å². The van der Waals surface area contributed by atoms with Gasteiger partial charge in [-0.05, 0) is 39.2 Å². The fourth-order valence-corrected chi connectivity index (χ4v) is 5.02. The van der Waals surface area contributed by atoms with Crippen LogP contribution in [0, 0.1) is 0 Å². The number of hydrogen-bond acceptors (Lipinski definition) is 2. The van der Waals surface area contributed by atoms with Crippen molar-refractivity contribution in [3.8, 4) is 0 Å². The zero-order chi connectivity index (χ0) is 26.9. The van der Waals surface area contributed by atoms with E-state index in [-0.39, 0.29) is 11.5 Å². The minimum atomic E-state index is -0.305. The summed E-state index contributed by atoms with van der Waals surface area (Å²) >= 11 is 0. The molecule has 0 bridgehead atoms. The first-order valence-corrected chi connectivity index (χ1v) is 14.9. The lowest BCUT2D eigenvalue weighted by Gasteiger charge is -2.46. The first-order valence-electron chi connectivity index (χ1n) is 14.9. The molecule has 0 spiro atoms. The van der Waals surface area contributed by atoms with Crippen LogP contribution in [0.4, 0.5) is 0 Å². The molecule has 0 heterocycles. The molecule has 3 nitrogen and oxygen atoms in total. The lowest BCUT2D eigenvalue weighted by molar-refractivity contribution is -0.945. The summed E-state index contributed by atoms with van der Waals surface area (Å²) in [5, 5.41) is 0. The molecule has 0 atom stereocenters. The van der Waals surface area contributed by atoms with Gasteiger partial charge >= 0.3 is 5.97 Å². The van der Waals surface area contributed by atoms with Crippen LogP contribution in [0.15, 0.2) is 36.4 Å². The Morgan fingerprint density at radius 2 is 1.31 bits per heavy atom. The molecule has 3 heteroatoms. The molecule has 0 amide bonds. The molecule has 0 saturated carbocycles. The molecular formula is C33H58NO2+. The quantitative estimate of drug-likeness (QED) is 0.0728. The number of unbranched alkanes of at least 4 members (excludes halogenated alkanes) is 13. The summed E-state index contributed by atoms with van der Waals surface area (Å²) in [6.07, 6.45) is 20.3. The first-order chi connectivity index (χ1) is 17.1. The van der Waals surface area contributed by atoms with Crippen LogP contribution in [0.5, 0.6) is 0 Å². The standard InChI is InChI=1S/C33H58NO2/c1-8-9-10-11-12-13-14-15-16-17-18-19-20-23-27-34(6,7)33(4,5)31-25-22-21-24-30(31)26-28-36-32(35)29(2)3/h21-22,24-25H,2,8-20,23,26-28H2,1,3-7H3/q+1. The average molecular weight is 501 g/mol. The Morgan fingerprint density at radius 3 is 1.81 bits per heavy atom. The largest absolute Gasteiger partial charge is 0.462 e. The van der Waals surface area contributed by atoms with Gasteiger partial charge in [0.15, 0.2) is 0 Å². The van der Waals surface area contributed by atoms with Gasteiger partial charge < -0.3 is 9.22 Å². The summed E-state index contributed by atoms with van der Waals surface area (Å²) < 4.78 is 6.33. The maximum Gasteiger partial charge on any atom is 0.333 e. The smallest absolute Gasteiger partial charge is 0.333 e. The molecule has 0 aliphatic rings. The van der Waals surface area contributed by atoms with Gasteiger partial charge in [-0.1, -0.05) is 115 Å². The normalized spacial score (nSPS) is 12.1. The lowest BCUT2D eigenvalue weighted by atomic mass is 9.85. The van der Waals surface area contributed by atoms with Crippen LogP contribution in [0.2, 0.25) is 0 Å². The van der Waals surface area contributed by atoms with E-state index in [1.165, 1.54) is 108 Å². The molecule has 206 valence electrons. The Hall–Kier alpha value is -1.61. The molecule has 0 fully saturated rings. The van der Waals surface area contributed by atoms with Crippen LogP contribution in [-0.2, 0) is 21.5 Å². The summed E-state index contributed by atoms with van der Waals surface area (Å²) in [7, 11) is 4.72. The number of rotatable bonds is 21. The molecule has 1 aromatic rings. The minimum absolute atomic E-state index is 0.0223. The zero-order valence-electron chi connectivity index (χ0n) is 24.8. The third kappa shape index (κ3) is 12.1. The highest BCUT2D eigenvalue weighted by Gasteiger charge is 2.39. The van der Waals surface area contributed by atoms with Crippen LogP contribution in [0.25, 0.3) is 0 Å². The second-order valence-corrected chi connectivity index (χ2v) is 11.9. The van der Waals surface area contributed by atoms with E-state index < -0.39 is 0 Å². The number of carbonyl (C=O) groups is 1. The van der Waals surface area contributed by atoms with Crippen molar-refractivity contribution >= 4 is 5.97 Å². The molecule has 0 aliphatic carbocycles. The van der Waals surface area contributed by atoms with Crippen LogP contribution < -0.4 is 0 Å². The van der Waals surface area contributed by atoms with Gasteiger partial charge in [0.05, 0.1) is 27.2 Å². The van der Waals surface area contributed by atoms with Crippen LogP contribution >= 0.6 is 0 Å². The Morgan fingerprint density at radius 1 is 0.833 bits per heavy atom. The number of ether oxygens (including phenoxy) is 1. The van der Waals surface area contributed by atoms with Gasteiger partial charge in [0.1, 0.15) is 5.54 Å². The van der Waals surface area contributed by atoms with Crippen molar-refractivity contribution < 1.29 is 14.0 Å². The van der Waals surface area contributed by atoms with E-state index in [1.54, 1.807) is 6.92 Å². The van der Waals surface area contributed by atoms with Gasteiger partial charge in [-0.25, -0.2) is 4.79 Å². The van der Waals surface area contributed by atoms with E-state index in [2.05, 4.69) is 65.7 Å². The SMILES string of the molecule is C=C(C)C(=O)OCCc1ccccc1C(C)(C)[N+](C)(C)CCCCCCCCCCCCCCCC. The summed E-state index contributed by atoms with van der Waals surface area (Å²) in [6, 6.07) is 8.65. The van der Waals surface area contributed by atoms with E-state index in [9.17, 15) is 4.79 Å². The number of carbonyl (C=O) groups excluding carboxylic acids is 1. The molecule has 1 aromatic carbocycles. The number of hydrogen-bond donors (Lipinski definition) is 0. The van der Waals surface area contributed by atoms with E-state index in [0.29, 0.717) is 12.2 Å². The van der Waals surface area contributed by atoms with Crippen LogP contribution in [-0.4, -0.2) is 37.7 Å². The number of nitrogens with zero attached hydrogens (tertiary/aromatic N) is 1. The van der Waals surface area contributed by atoms with Crippen molar-refractivity contribution in [2.45, 2.75) is 130 Å². The van der Waals surface area contributed by atoms with E-state index in [1.807, 2.05) is 0 Å². The van der Waals surface area contributed by atoms with Crippen molar-refractivity contribution in [3.63, 3.8) is 0 Å². The molecule has 0 saturated heterocycles. The maximum atomic E-state index is 11.8. The second-order valence-electron chi connectivity index (χ2n) is 11.9. The summed E-state index contributed by atoms with van der Waals surface area (Å²) in [5.41, 5.74) is 3.05. The van der Waals surface area contributed by atoms with Crippen LogP contribution in [0.1, 0.15) is 129 Å². The Bertz CT molecular complexity index is 750. The van der Waals surface area contributed by atoms with Gasteiger partial charge in [-0.15, -0.1) is 0 Å². The predicted octanol–water partition coefficient (Wildman–Crippen LogP) is 9.14. The van der Waals surface area contributed by atoms with Crippen molar-refractivity contribution in [2.24, 2.45) is 0 Å². The Balaban J connectivity index is 2.34. The van der Waals surface area contributed by atoms with E-state index in [4.69, 9.17) is 4.74 Å². The summed E-state index contributed by atoms with van der Waals surface area (Å²) in [5.74, 6) is -0.305. The van der Waals surface area contributed by atoms with Crippen molar-refractivity contribution in [1.29, 1.82) is 0 Å². The minimum Gasteiger partial charge on any atom is -0.462 e. The third-order valence-corrected chi connectivity index (χ3v) is 8.21. The number of benzene rings is 1. The third-order valence-electron chi connectivity index (χ3n) is 8.21. The maximum absolute atomic E-state index is 11.8. The first kappa shape index (κ1) is 32.4. The molecule has 36 heavy (non-hydrogen) atoms. The highest BCUT2D eigenvalue weighted by Crippen LogP contribution is 2.35. The molecule has 0 unspecified atom stereocenters. The van der Waals surface area contributed by atoms with Gasteiger partial charge in [0.25, 0.3) is 0 Å². The van der Waals surface area contributed by atoms with Crippen molar-refractivity contribution in [1.82, 2.24) is 0 Å². The molecule has 1 rings (SSSR count). The van der Waals surface area contributed by atoms with E-state index >= 15 is 0 Å². The second kappa shape index (κ2) is 17.8. The Labute approximate surface area is 224 Å². The topological polar surface area (TPSA) is 26.3 Å². The van der Waals surface area contributed by atoms with Crippen molar-refractivity contribution in [3.05, 3.63) is 47.5 Å². The number of quaternary nitrogens is 1. The zero-order valence-corrected chi connectivity index (χ0v) is 24.8. The summed E-state index contributed by atoms with van der Waals surface area (Å²) in [4.78, 5) is 11.8. The highest BCUT2D eigenvalue weighted by molar-refractivity contribution is 5.86. The molecule has 0 N–H and O–H groups in total.